The molecule has 0 spiro atoms. The van der Waals surface area contributed by atoms with Gasteiger partial charge in [0.1, 0.15) is 27.2 Å². The van der Waals surface area contributed by atoms with Crippen LogP contribution in [0.4, 0.5) is 14.9 Å². The number of rotatable bonds is 6. The van der Waals surface area contributed by atoms with Crippen LogP contribution in [0.1, 0.15) is 63.4 Å². The van der Waals surface area contributed by atoms with Crippen LogP contribution in [0, 0.1) is 10.5 Å². The number of fused-ring (bicyclic) bond motifs is 1. The van der Waals surface area contributed by atoms with Crippen LogP contribution in [0.5, 0.6) is 11.5 Å². The lowest BCUT2D eigenvalue weighted by atomic mass is 10.1. The number of amides is 1. The number of aromatic hydroxyl groups is 1. The summed E-state index contributed by atoms with van der Waals surface area (Å²) in [6, 6.07) is 0.957. The van der Waals surface area contributed by atoms with Gasteiger partial charge in [0.2, 0.25) is 0 Å². The van der Waals surface area contributed by atoms with E-state index in [9.17, 15) is 14.7 Å². The molecule has 2 aromatic rings. The van der Waals surface area contributed by atoms with Gasteiger partial charge in [-0.2, -0.15) is 0 Å². The second-order valence-corrected chi connectivity index (χ2v) is 10.5. The fourth-order valence-electron chi connectivity index (χ4n) is 4.60. The Kier molecular flexibility index (Phi) is 7.05. The van der Waals surface area contributed by atoms with Crippen molar-refractivity contribution >= 4 is 40.9 Å². The molecule has 1 aliphatic heterocycles. The first kappa shape index (κ1) is 26.0. The van der Waals surface area contributed by atoms with Crippen LogP contribution in [0.25, 0.3) is 10.9 Å². The number of anilines is 1. The third kappa shape index (κ3) is 4.93. The molecule has 36 heavy (non-hydrogen) atoms. The van der Waals surface area contributed by atoms with Gasteiger partial charge >= 0.3 is 12.1 Å². The third-order valence-electron chi connectivity index (χ3n) is 6.17. The summed E-state index contributed by atoms with van der Waals surface area (Å²) in [4.78, 5) is 26.6. The van der Waals surface area contributed by atoms with Gasteiger partial charge in [-0.1, -0.05) is 12.2 Å². The van der Waals surface area contributed by atoms with Gasteiger partial charge in [-0.05, 0) is 53.0 Å². The van der Waals surface area contributed by atoms with Gasteiger partial charge in [-0.15, -0.1) is 0 Å². The molecular weight excluding hydrogens is 489 g/mol. The van der Waals surface area contributed by atoms with E-state index < -0.39 is 29.2 Å². The Labute approximate surface area is 214 Å². The molecule has 1 aromatic heterocycles. The first-order chi connectivity index (χ1) is 17.0. The first-order valence-electron chi connectivity index (χ1n) is 12.1. The number of nitrogens with one attached hydrogen (secondary N) is 1. The highest BCUT2D eigenvalue weighted by Crippen LogP contribution is 2.48. The smallest absolute Gasteiger partial charge is 0.407 e. The fourth-order valence-corrected chi connectivity index (χ4v) is 5.02. The summed E-state index contributed by atoms with van der Waals surface area (Å²) in [5.41, 5.74) is -0.136. The number of alkyl carbamates (subject to hydrolysis) is 1. The molecule has 196 valence electrons. The molecule has 1 saturated heterocycles. The molecular formula is C25H32FN3O6S. The van der Waals surface area contributed by atoms with Crippen molar-refractivity contribution in [2.75, 3.05) is 31.7 Å². The van der Waals surface area contributed by atoms with Gasteiger partial charge in [0.25, 0.3) is 0 Å². The quantitative estimate of drug-likeness (QED) is 0.411. The Morgan fingerprint density at radius 1 is 1.28 bits per heavy atom. The highest BCUT2D eigenvalue weighted by molar-refractivity contribution is 7.71. The maximum atomic E-state index is 15.6. The number of ether oxygens (including phenoxy) is 3. The van der Waals surface area contributed by atoms with Crippen LogP contribution in [0.2, 0.25) is 0 Å². The number of halogens is 1. The molecule has 2 fully saturated rings. The van der Waals surface area contributed by atoms with Crippen molar-refractivity contribution in [3.63, 3.8) is 0 Å². The van der Waals surface area contributed by atoms with Crippen LogP contribution in [0.15, 0.2) is 6.07 Å². The summed E-state index contributed by atoms with van der Waals surface area (Å²) in [6.45, 7) is 7.93. The molecule has 1 aromatic carbocycles. The van der Waals surface area contributed by atoms with Gasteiger partial charge < -0.3 is 34.1 Å². The van der Waals surface area contributed by atoms with Crippen molar-refractivity contribution in [2.24, 2.45) is 0 Å². The predicted molar refractivity (Wildman–Crippen MR) is 135 cm³/mol. The van der Waals surface area contributed by atoms with Crippen LogP contribution in [-0.4, -0.2) is 60.2 Å². The molecule has 11 heteroatoms. The number of esters is 1. The standard InChI is InChI=1S/C25H32FN3O6S/c1-6-34-23(31)17-20(30)15-11-16(26)19(21(33-5)18(15)29(22(17)36)14-7-8-14)28-10-9-13(12-28)27-24(32)35-25(2,3)4/h11,13-14,30H,6-10,12H2,1-5H3,(H,27,32). The maximum Gasteiger partial charge on any atom is 0.407 e. The van der Waals surface area contributed by atoms with E-state index in [0.29, 0.717) is 25.0 Å². The van der Waals surface area contributed by atoms with Crippen molar-refractivity contribution in [2.45, 2.75) is 64.6 Å². The second kappa shape index (κ2) is 9.76. The van der Waals surface area contributed by atoms with E-state index in [4.69, 9.17) is 26.4 Å². The zero-order valence-electron chi connectivity index (χ0n) is 21.1. The molecule has 9 nitrogen and oxygen atoms in total. The van der Waals surface area contributed by atoms with Gasteiger partial charge in [-0.3, -0.25) is 0 Å². The maximum absolute atomic E-state index is 15.6. The van der Waals surface area contributed by atoms with Crippen LogP contribution in [-0.2, 0) is 9.47 Å². The number of hydrogen-bond donors (Lipinski definition) is 2. The monoisotopic (exact) mass is 521 g/mol. The van der Waals surface area contributed by atoms with E-state index in [1.165, 1.54) is 13.2 Å². The Balaban J connectivity index is 1.78. The average molecular weight is 522 g/mol. The van der Waals surface area contributed by atoms with Crippen molar-refractivity contribution < 1.29 is 33.3 Å². The number of carbonyl (C=O) groups is 2. The Bertz CT molecular complexity index is 1270. The topological polar surface area (TPSA) is 102 Å². The van der Waals surface area contributed by atoms with Crippen LogP contribution in [0.3, 0.4) is 0 Å². The molecule has 1 saturated carbocycles. The van der Waals surface area contributed by atoms with Crippen LogP contribution < -0.4 is 15.0 Å². The molecule has 1 amide bonds. The summed E-state index contributed by atoms with van der Waals surface area (Å²) in [5, 5.41) is 14.0. The van der Waals surface area contributed by atoms with Gasteiger partial charge in [0.05, 0.1) is 25.3 Å². The highest BCUT2D eigenvalue weighted by atomic mass is 32.1. The normalized spacial score (nSPS) is 17.8. The molecule has 0 bridgehead atoms. The largest absolute Gasteiger partial charge is 0.506 e. The molecule has 0 radical (unpaired) electrons. The molecule has 4 rings (SSSR count). The Morgan fingerprint density at radius 2 is 1.97 bits per heavy atom. The van der Waals surface area contributed by atoms with E-state index in [2.05, 4.69) is 5.32 Å². The third-order valence-corrected chi connectivity index (χ3v) is 6.57. The lowest BCUT2D eigenvalue weighted by Crippen LogP contribution is -2.40. The predicted octanol–water partition coefficient (Wildman–Crippen LogP) is 4.84. The van der Waals surface area contributed by atoms with E-state index in [0.717, 1.165) is 12.8 Å². The fraction of sp³-hybridized carbons (Fsp3) is 0.560. The minimum absolute atomic E-state index is 0.00106. The number of hydrogen-bond acceptors (Lipinski definition) is 8. The minimum Gasteiger partial charge on any atom is -0.506 e. The second-order valence-electron chi connectivity index (χ2n) is 10.1. The molecule has 1 aliphatic carbocycles. The number of aromatic nitrogens is 1. The molecule has 2 N–H and O–H groups in total. The van der Waals surface area contributed by atoms with E-state index in [1.54, 1.807) is 37.2 Å². The number of carbonyl (C=O) groups excluding carboxylic acids is 2. The summed E-state index contributed by atoms with van der Waals surface area (Å²) in [5.74, 6) is -1.59. The zero-order valence-corrected chi connectivity index (χ0v) is 22.0. The number of pyridine rings is 1. The lowest BCUT2D eigenvalue weighted by molar-refractivity contribution is 0.0502. The number of nitrogens with zero attached hydrogens (tertiary/aromatic N) is 2. The minimum atomic E-state index is -0.754. The Morgan fingerprint density at radius 3 is 2.56 bits per heavy atom. The van der Waals surface area contributed by atoms with E-state index >= 15 is 4.39 Å². The summed E-state index contributed by atoms with van der Waals surface area (Å²) < 4.78 is 33.7. The van der Waals surface area contributed by atoms with Crippen molar-refractivity contribution in [3.05, 3.63) is 22.1 Å². The van der Waals surface area contributed by atoms with Gasteiger partial charge in [0, 0.05) is 24.5 Å². The van der Waals surface area contributed by atoms with E-state index in [1.807, 2.05) is 0 Å². The summed E-state index contributed by atoms with van der Waals surface area (Å²) in [6.07, 6.45) is 1.72. The molecule has 1 atom stereocenters. The average Bonchev–Trinajstić information content (AvgIpc) is 3.51. The molecule has 2 heterocycles. The van der Waals surface area contributed by atoms with Gasteiger partial charge in [0.15, 0.2) is 11.6 Å². The summed E-state index contributed by atoms with van der Waals surface area (Å²) in [7, 11) is 1.43. The van der Waals surface area contributed by atoms with Crippen molar-refractivity contribution in [1.82, 2.24) is 9.88 Å². The number of benzene rings is 1. The van der Waals surface area contributed by atoms with E-state index in [-0.39, 0.29) is 45.7 Å². The Hall–Kier alpha value is -3.08. The number of methoxy groups -OCH3 is 1. The van der Waals surface area contributed by atoms with Crippen molar-refractivity contribution in [1.29, 1.82) is 0 Å². The lowest BCUT2D eigenvalue weighted by Gasteiger charge is -2.26. The summed E-state index contributed by atoms with van der Waals surface area (Å²) >= 11 is 5.62. The van der Waals surface area contributed by atoms with Gasteiger partial charge in [-0.25, -0.2) is 14.0 Å². The van der Waals surface area contributed by atoms with Crippen molar-refractivity contribution in [3.8, 4) is 11.5 Å². The van der Waals surface area contributed by atoms with Crippen LogP contribution >= 0.6 is 12.2 Å². The first-order valence-corrected chi connectivity index (χ1v) is 12.5. The zero-order chi connectivity index (χ0) is 26.4. The molecule has 1 unspecified atom stereocenters. The highest BCUT2D eigenvalue weighted by Gasteiger charge is 2.35. The SMILES string of the molecule is CCOC(=O)c1c(O)c2cc(F)c(N3CCC(NC(=O)OC(C)(C)C)C3)c(OC)c2n(C2CC2)c1=S. The molecule has 2 aliphatic rings.